The molecule has 1 aromatic carbocycles. The molecule has 25 heavy (non-hydrogen) atoms. The summed E-state index contributed by atoms with van der Waals surface area (Å²) in [4.78, 5) is 27.2. The summed E-state index contributed by atoms with van der Waals surface area (Å²) < 4.78 is 5.22. The fourth-order valence-electron chi connectivity index (χ4n) is 2.16. The highest BCUT2D eigenvalue weighted by molar-refractivity contribution is 5.87. The van der Waals surface area contributed by atoms with Crippen molar-refractivity contribution < 1.29 is 19.2 Å². The molecule has 2 rings (SSSR count). The lowest BCUT2D eigenvalue weighted by Gasteiger charge is -2.12. The fraction of sp³-hybridized carbons (Fsp3) is 0.444. The van der Waals surface area contributed by atoms with Crippen LogP contribution in [-0.2, 0) is 16.6 Å². The van der Waals surface area contributed by atoms with E-state index < -0.39 is 5.97 Å². The van der Waals surface area contributed by atoms with E-state index in [-0.39, 0.29) is 29.3 Å². The number of aryl methyl sites for hydroxylation is 1. The molecule has 1 unspecified atom stereocenters. The van der Waals surface area contributed by atoms with Crippen LogP contribution in [0.15, 0.2) is 28.8 Å². The Hall–Kier alpha value is -2.70. The number of carboxylic acids is 1. The van der Waals surface area contributed by atoms with Gasteiger partial charge in [0.2, 0.25) is 11.8 Å². The Balaban J connectivity index is 1.87. The normalized spacial score (nSPS) is 12.6. The molecule has 2 N–H and O–H groups in total. The van der Waals surface area contributed by atoms with Crippen LogP contribution in [0.4, 0.5) is 0 Å². The first-order chi connectivity index (χ1) is 11.7. The second kappa shape index (κ2) is 7.46. The van der Waals surface area contributed by atoms with Gasteiger partial charge in [0, 0.05) is 11.8 Å². The Bertz CT molecular complexity index is 744. The molecule has 1 heterocycles. The summed E-state index contributed by atoms with van der Waals surface area (Å²) in [5.41, 5.74) is 0.918. The highest BCUT2D eigenvalue weighted by Crippen LogP contribution is 2.20. The number of hydrogen-bond acceptors (Lipinski definition) is 5. The number of carbonyl (C=O) groups is 2. The molecule has 1 aromatic heterocycles. The minimum Gasteiger partial charge on any atom is -0.478 e. The number of benzene rings is 1. The molecular formula is C18H23N3O4. The first kappa shape index (κ1) is 18.6. The first-order valence-corrected chi connectivity index (χ1v) is 8.12. The molecule has 0 bridgehead atoms. The Morgan fingerprint density at radius 3 is 2.40 bits per heavy atom. The van der Waals surface area contributed by atoms with E-state index in [1.807, 2.05) is 20.8 Å². The molecule has 0 saturated carbocycles. The maximum absolute atomic E-state index is 12.1. The van der Waals surface area contributed by atoms with Crippen molar-refractivity contribution in [2.45, 2.75) is 52.0 Å². The zero-order valence-corrected chi connectivity index (χ0v) is 14.9. The van der Waals surface area contributed by atoms with Crippen molar-refractivity contribution in [3.63, 3.8) is 0 Å². The maximum atomic E-state index is 12.1. The molecule has 2 aromatic rings. The van der Waals surface area contributed by atoms with Crippen LogP contribution < -0.4 is 5.32 Å². The number of nitrogens with zero attached hydrogens (tertiary/aromatic N) is 2. The van der Waals surface area contributed by atoms with E-state index in [2.05, 4.69) is 15.5 Å². The van der Waals surface area contributed by atoms with Crippen LogP contribution in [0, 0.1) is 0 Å². The maximum Gasteiger partial charge on any atom is 0.335 e. The number of hydrogen-bond donors (Lipinski definition) is 2. The molecule has 0 radical (unpaired) electrons. The van der Waals surface area contributed by atoms with Crippen molar-refractivity contribution in [1.82, 2.24) is 15.5 Å². The first-order valence-electron chi connectivity index (χ1n) is 8.12. The monoisotopic (exact) mass is 345 g/mol. The van der Waals surface area contributed by atoms with Gasteiger partial charge in [0.1, 0.15) is 6.04 Å². The molecule has 134 valence electrons. The van der Waals surface area contributed by atoms with E-state index in [1.54, 1.807) is 19.1 Å². The highest BCUT2D eigenvalue weighted by Gasteiger charge is 2.23. The summed E-state index contributed by atoms with van der Waals surface area (Å²) in [5.74, 6) is -0.121. The van der Waals surface area contributed by atoms with Gasteiger partial charge >= 0.3 is 5.97 Å². The summed E-state index contributed by atoms with van der Waals surface area (Å²) in [6.07, 6.45) is 0.812. The van der Waals surface area contributed by atoms with Gasteiger partial charge in [-0.1, -0.05) is 38.1 Å². The van der Waals surface area contributed by atoms with Gasteiger partial charge in [0.25, 0.3) is 0 Å². The van der Waals surface area contributed by atoms with Crippen LogP contribution in [-0.4, -0.2) is 27.1 Å². The number of aromatic nitrogens is 2. The van der Waals surface area contributed by atoms with Gasteiger partial charge in [0.15, 0.2) is 5.82 Å². The smallest absolute Gasteiger partial charge is 0.335 e. The van der Waals surface area contributed by atoms with Gasteiger partial charge in [-0.25, -0.2) is 4.79 Å². The Kier molecular flexibility index (Phi) is 5.56. The Morgan fingerprint density at radius 1 is 1.24 bits per heavy atom. The van der Waals surface area contributed by atoms with Crippen LogP contribution in [0.3, 0.4) is 0 Å². The van der Waals surface area contributed by atoms with Gasteiger partial charge in [-0.05, 0) is 31.0 Å². The minimum absolute atomic E-state index is 0.134. The molecular weight excluding hydrogens is 322 g/mol. The third kappa shape index (κ3) is 5.14. The second-order valence-electron chi connectivity index (χ2n) is 7.00. The molecule has 7 heteroatoms. The predicted octanol–water partition coefficient (Wildman–Crippen LogP) is 2.88. The average molecular weight is 345 g/mol. The van der Waals surface area contributed by atoms with E-state index in [9.17, 15) is 9.59 Å². The molecule has 1 amide bonds. The summed E-state index contributed by atoms with van der Waals surface area (Å²) in [6, 6.07) is 6.13. The average Bonchev–Trinajstić information content (AvgIpc) is 3.03. The van der Waals surface area contributed by atoms with Crippen LogP contribution in [0.25, 0.3) is 0 Å². The summed E-state index contributed by atoms with van der Waals surface area (Å²) in [5, 5.41) is 15.6. The summed E-state index contributed by atoms with van der Waals surface area (Å²) >= 11 is 0. The largest absolute Gasteiger partial charge is 0.478 e. The molecule has 7 nitrogen and oxygen atoms in total. The number of rotatable bonds is 6. The SMILES string of the molecule is CC(NC(=O)CCc1ccc(C(=O)O)cc1)c1nc(C(C)(C)C)no1. The van der Waals surface area contributed by atoms with Crippen LogP contribution >= 0.6 is 0 Å². The molecule has 0 fully saturated rings. The molecule has 0 aliphatic carbocycles. The molecule has 1 atom stereocenters. The molecule has 0 aliphatic heterocycles. The van der Waals surface area contributed by atoms with Crippen LogP contribution in [0.1, 0.15) is 67.8 Å². The zero-order valence-electron chi connectivity index (χ0n) is 14.9. The number of carbonyl (C=O) groups excluding carboxylic acids is 1. The molecule has 0 spiro atoms. The Labute approximate surface area is 146 Å². The lowest BCUT2D eigenvalue weighted by molar-refractivity contribution is -0.121. The van der Waals surface area contributed by atoms with Crippen molar-refractivity contribution in [2.75, 3.05) is 0 Å². The van der Waals surface area contributed by atoms with Crippen LogP contribution in [0.2, 0.25) is 0 Å². The van der Waals surface area contributed by atoms with E-state index in [0.717, 1.165) is 5.56 Å². The van der Waals surface area contributed by atoms with Gasteiger partial charge in [-0.2, -0.15) is 4.98 Å². The topological polar surface area (TPSA) is 105 Å². The second-order valence-corrected chi connectivity index (χ2v) is 7.00. The minimum atomic E-state index is -0.965. The van der Waals surface area contributed by atoms with Crippen molar-refractivity contribution in [2.24, 2.45) is 0 Å². The standard InChI is InChI=1S/C18H23N3O4/c1-11(15-20-17(21-25-15)18(2,3)4)19-14(22)10-7-12-5-8-13(9-6-12)16(23)24/h5-6,8-9,11H,7,10H2,1-4H3,(H,19,22)(H,23,24). The van der Waals surface area contributed by atoms with Crippen molar-refractivity contribution in [3.05, 3.63) is 47.1 Å². The van der Waals surface area contributed by atoms with Gasteiger partial charge < -0.3 is 14.9 Å². The zero-order chi connectivity index (χ0) is 18.6. The number of aromatic carboxylic acids is 1. The van der Waals surface area contributed by atoms with Gasteiger partial charge in [0.05, 0.1) is 5.56 Å². The van der Waals surface area contributed by atoms with E-state index in [1.165, 1.54) is 12.1 Å². The van der Waals surface area contributed by atoms with Crippen LogP contribution in [0.5, 0.6) is 0 Å². The van der Waals surface area contributed by atoms with Crippen molar-refractivity contribution >= 4 is 11.9 Å². The third-order valence-electron chi connectivity index (χ3n) is 3.70. The van der Waals surface area contributed by atoms with E-state index in [0.29, 0.717) is 18.1 Å². The lowest BCUT2D eigenvalue weighted by Crippen LogP contribution is -2.27. The van der Waals surface area contributed by atoms with Gasteiger partial charge in [-0.3, -0.25) is 4.79 Å². The molecule has 0 saturated heterocycles. The lowest BCUT2D eigenvalue weighted by atomic mass is 9.96. The van der Waals surface area contributed by atoms with E-state index >= 15 is 0 Å². The fourth-order valence-corrected chi connectivity index (χ4v) is 2.16. The number of amides is 1. The number of carboxylic acid groups (broad SMARTS) is 1. The summed E-state index contributed by atoms with van der Waals surface area (Å²) in [6.45, 7) is 7.75. The number of nitrogens with one attached hydrogen (secondary N) is 1. The predicted molar refractivity (Wildman–Crippen MR) is 91.3 cm³/mol. The summed E-state index contributed by atoms with van der Waals surface area (Å²) in [7, 11) is 0. The van der Waals surface area contributed by atoms with Gasteiger partial charge in [-0.15, -0.1) is 0 Å². The Morgan fingerprint density at radius 2 is 1.88 bits per heavy atom. The molecule has 0 aliphatic rings. The third-order valence-corrected chi connectivity index (χ3v) is 3.70. The van der Waals surface area contributed by atoms with Crippen molar-refractivity contribution in [1.29, 1.82) is 0 Å². The quantitative estimate of drug-likeness (QED) is 0.834. The van der Waals surface area contributed by atoms with Crippen molar-refractivity contribution in [3.8, 4) is 0 Å². The van der Waals surface area contributed by atoms with E-state index in [4.69, 9.17) is 9.63 Å². The highest BCUT2D eigenvalue weighted by atomic mass is 16.5.